The first kappa shape index (κ1) is 7.13. The second-order valence-electron chi connectivity index (χ2n) is 3.08. The summed E-state index contributed by atoms with van der Waals surface area (Å²) in [5, 5.41) is 0. The summed E-state index contributed by atoms with van der Waals surface area (Å²) in [6.45, 7) is 0. The third-order valence-electron chi connectivity index (χ3n) is 2.46. The highest BCUT2D eigenvalue weighted by atomic mass is 19.3. The van der Waals surface area contributed by atoms with Gasteiger partial charge in [-0.3, -0.25) is 0 Å². The molecule has 2 aliphatic rings. The van der Waals surface area contributed by atoms with E-state index in [4.69, 9.17) is 0 Å². The van der Waals surface area contributed by atoms with Gasteiger partial charge in [0.2, 0.25) is 0 Å². The van der Waals surface area contributed by atoms with Crippen molar-refractivity contribution in [3.63, 3.8) is 0 Å². The van der Waals surface area contributed by atoms with Crippen LogP contribution in [0.2, 0.25) is 0 Å². The third-order valence-corrected chi connectivity index (χ3v) is 2.46. The molecule has 62 valence electrons. The number of alkyl halides is 4. The SMILES string of the molecule is FC1(F)C2C=CC(C2)C1(F)F. The molecule has 11 heavy (non-hydrogen) atoms. The molecule has 0 N–H and O–H groups in total. The van der Waals surface area contributed by atoms with Crippen LogP contribution in [0.5, 0.6) is 0 Å². The number of hydrogen-bond acceptors (Lipinski definition) is 0. The lowest BCUT2D eigenvalue weighted by atomic mass is 9.99. The molecule has 2 rings (SSSR count). The topological polar surface area (TPSA) is 0 Å². The Balaban J connectivity index is 2.45. The molecular weight excluding hydrogens is 160 g/mol. The number of rotatable bonds is 0. The van der Waals surface area contributed by atoms with Crippen LogP contribution in [0, 0.1) is 11.8 Å². The van der Waals surface area contributed by atoms with Gasteiger partial charge < -0.3 is 0 Å². The molecule has 4 heteroatoms. The Morgan fingerprint density at radius 3 is 1.45 bits per heavy atom. The van der Waals surface area contributed by atoms with Crippen molar-refractivity contribution in [1.29, 1.82) is 0 Å². The van der Waals surface area contributed by atoms with Crippen molar-refractivity contribution >= 4 is 0 Å². The molecule has 0 aromatic rings. The van der Waals surface area contributed by atoms with E-state index in [1.54, 1.807) is 0 Å². The minimum absolute atomic E-state index is 0.0972. The molecule has 2 unspecified atom stereocenters. The normalized spacial score (nSPS) is 43.3. The molecule has 0 aromatic heterocycles. The monoisotopic (exact) mass is 166 g/mol. The largest absolute Gasteiger partial charge is 0.316 e. The van der Waals surface area contributed by atoms with E-state index in [1.165, 1.54) is 12.2 Å². The van der Waals surface area contributed by atoms with Crippen LogP contribution in [-0.2, 0) is 0 Å². The van der Waals surface area contributed by atoms with Gasteiger partial charge in [0, 0.05) is 11.8 Å². The molecule has 0 radical (unpaired) electrons. The lowest BCUT2D eigenvalue weighted by molar-refractivity contribution is -0.213. The predicted molar refractivity (Wildman–Crippen MR) is 30.6 cm³/mol. The smallest absolute Gasteiger partial charge is 0.199 e. The van der Waals surface area contributed by atoms with Crippen LogP contribution in [0.15, 0.2) is 12.2 Å². The Morgan fingerprint density at radius 1 is 0.909 bits per heavy atom. The van der Waals surface area contributed by atoms with Gasteiger partial charge in [-0.1, -0.05) is 12.2 Å². The molecule has 0 aliphatic heterocycles. The Morgan fingerprint density at radius 2 is 1.27 bits per heavy atom. The van der Waals surface area contributed by atoms with Crippen LogP contribution in [0.4, 0.5) is 17.6 Å². The van der Waals surface area contributed by atoms with Crippen LogP contribution >= 0.6 is 0 Å². The van der Waals surface area contributed by atoms with Crippen LogP contribution in [0.3, 0.4) is 0 Å². The van der Waals surface area contributed by atoms with E-state index in [2.05, 4.69) is 0 Å². The van der Waals surface area contributed by atoms with Crippen molar-refractivity contribution in [2.75, 3.05) is 0 Å². The average Bonchev–Trinajstić information content (AvgIpc) is 2.37. The van der Waals surface area contributed by atoms with E-state index in [-0.39, 0.29) is 6.42 Å². The fraction of sp³-hybridized carbons (Fsp3) is 0.714. The molecule has 2 aliphatic carbocycles. The van der Waals surface area contributed by atoms with Crippen molar-refractivity contribution in [3.8, 4) is 0 Å². The van der Waals surface area contributed by atoms with E-state index in [9.17, 15) is 17.6 Å². The van der Waals surface area contributed by atoms with Crippen molar-refractivity contribution < 1.29 is 17.6 Å². The highest BCUT2D eigenvalue weighted by Crippen LogP contribution is 2.58. The van der Waals surface area contributed by atoms with Gasteiger partial charge in [-0.15, -0.1) is 0 Å². The van der Waals surface area contributed by atoms with Gasteiger partial charge in [-0.25, -0.2) is 0 Å². The second kappa shape index (κ2) is 1.62. The van der Waals surface area contributed by atoms with Crippen LogP contribution < -0.4 is 0 Å². The third kappa shape index (κ3) is 0.607. The van der Waals surface area contributed by atoms with E-state index < -0.39 is 23.7 Å². The first-order chi connectivity index (χ1) is 4.96. The fourth-order valence-electron chi connectivity index (χ4n) is 1.73. The van der Waals surface area contributed by atoms with Gasteiger partial charge in [0.1, 0.15) is 0 Å². The molecule has 0 amide bonds. The lowest BCUT2D eigenvalue weighted by Crippen LogP contribution is -2.43. The summed E-state index contributed by atoms with van der Waals surface area (Å²) < 4.78 is 50.5. The zero-order valence-corrected chi connectivity index (χ0v) is 5.53. The molecule has 2 bridgehead atoms. The molecule has 1 saturated carbocycles. The van der Waals surface area contributed by atoms with Crippen molar-refractivity contribution in [2.45, 2.75) is 18.3 Å². The molecule has 0 saturated heterocycles. The second-order valence-corrected chi connectivity index (χ2v) is 3.08. The summed E-state index contributed by atoms with van der Waals surface area (Å²) in [7, 11) is 0. The number of allylic oxidation sites excluding steroid dienone is 2. The molecule has 1 fully saturated rings. The van der Waals surface area contributed by atoms with Crippen LogP contribution in [-0.4, -0.2) is 11.8 Å². The standard InChI is InChI=1S/C7H6F4/c8-6(9)4-1-2-5(3-4)7(6,10)11/h1-2,4-5H,3H2. The molecule has 2 atom stereocenters. The first-order valence-corrected chi connectivity index (χ1v) is 3.40. The minimum atomic E-state index is -3.81. The highest BCUT2D eigenvalue weighted by Gasteiger charge is 2.71. The van der Waals surface area contributed by atoms with Crippen LogP contribution in [0.1, 0.15) is 6.42 Å². The van der Waals surface area contributed by atoms with E-state index >= 15 is 0 Å². The lowest BCUT2D eigenvalue weighted by Gasteiger charge is -2.26. The summed E-state index contributed by atoms with van der Waals surface area (Å²) in [6, 6.07) is 0. The van der Waals surface area contributed by atoms with Crippen molar-refractivity contribution in [1.82, 2.24) is 0 Å². The molecule has 0 heterocycles. The Labute approximate surface area is 60.9 Å². The predicted octanol–water partition coefficient (Wildman–Crippen LogP) is 2.46. The Kier molecular flexibility index (Phi) is 1.05. The van der Waals surface area contributed by atoms with Gasteiger partial charge in [0.15, 0.2) is 0 Å². The zero-order valence-electron chi connectivity index (χ0n) is 5.53. The van der Waals surface area contributed by atoms with E-state index in [0.717, 1.165) is 0 Å². The highest BCUT2D eigenvalue weighted by molar-refractivity contribution is 5.21. The molecule has 0 aromatic carbocycles. The number of halogens is 4. The van der Waals surface area contributed by atoms with Crippen LogP contribution in [0.25, 0.3) is 0 Å². The summed E-state index contributed by atoms with van der Waals surface area (Å²) in [4.78, 5) is 0. The maximum Gasteiger partial charge on any atom is 0.316 e. The fourth-order valence-corrected chi connectivity index (χ4v) is 1.73. The number of hydrogen-bond donors (Lipinski definition) is 0. The molecule has 0 spiro atoms. The van der Waals surface area contributed by atoms with Crippen molar-refractivity contribution in [2.24, 2.45) is 11.8 Å². The quantitative estimate of drug-likeness (QED) is 0.383. The van der Waals surface area contributed by atoms with E-state index in [0.29, 0.717) is 0 Å². The Bertz CT molecular complexity index is 196. The zero-order chi connectivity index (χ0) is 8.28. The number of fused-ring (bicyclic) bond motifs is 2. The molecule has 0 nitrogen and oxygen atoms in total. The molecular formula is C7H6F4. The Hall–Kier alpha value is -0.540. The van der Waals surface area contributed by atoms with E-state index in [1.807, 2.05) is 0 Å². The minimum Gasteiger partial charge on any atom is -0.199 e. The van der Waals surface area contributed by atoms with Gasteiger partial charge in [-0.2, -0.15) is 17.6 Å². The average molecular weight is 166 g/mol. The maximum atomic E-state index is 12.6. The van der Waals surface area contributed by atoms with Gasteiger partial charge >= 0.3 is 11.8 Å². The first-order valence-electron chi connectivity index (χ1n) is 3.40. The van der Waals surface area contributed by atoms with Crippen molar-refractivity contribution in [3.05, 3.63) is 12.2 Å². The summed E-state index contributed by atoms with van der Waals surface area (Å²) in [5.41, 5.74) is 0. The maximum absolute atomic E-state index is 12.6. The summed E-state index contributed by atoms with van der Waals surface area (Å²) >= 11 is 0. The van der Waals surface area contributed by atoms with Gasteiger partial charge in [0.05, 0.1) is 0 Å². The van der Waals surface area contributed by atoms with Gasteiger partial charge in [0.25, 0.3) is 0 Å². The summed E-state index contributed by atoms with van der Waals surface area (Å²) in [5.74, 6) is -10.1. The summed E-state index contributed by atoms with van der Waals surface area (Å²) in [6.07, 6.45) is 2.30. The van der Waals surface area contributed by atoms with Gasteiger partial charge in [-0.05, 0) is 6.42 Å².